The summed E-state index contributed by atoms with van der Waals surface area (Å²) in [6, 6.07) is 6.97. The number of aliphatic hydroxyl groups excluding tert-OH is 2. The van der Waals surface area contributed by atoms with Crippen molar-refractivity contribution in [1.82, 2.24) is 0 Å². The largest absolute Gasteiger partial charge is 0.497 e. The first-order valence-corrected chi connectivity index (χ1v) is 11.9. The average molecular weight is 385 g/mol. The number of ether oxygens (including phenoxy) is 3. The van der Waals surface area contributed by atoms with Gasteiger partial charge in [-0.2, -0.15) is 0 Å². The molecule has 2 N–H and O–H groups in total. The van der Waals surface area contributed by atoms with Crippen molar-refractivity contribution >= 4 is 8.32 Å². The van der Waals surface area contributed by atoms with Crippen LogP contribution in [0.2, 0.25) is 18.1 Å². The molecule has 5 unspecified atom stereocenters. The minimum absolute atomic E-state index is 0.00612. The van der Waals surface area contributed by atoms with Crippen LogP contribution in [0, 0.1) is 0 Å². The quantitative estimate of drug-likeness (QED) is 0.760. The Labute approximate surface area is 157 Å². The molecule has 0 aromatic heterocycles. The van der Waals surface area contributed by atoms with E-state index in [4.69, 9.17) is 18.6 Å². The van der Waals surface area contributed by atoms with Crippen LogP contribution in [0.25, 0.3) is 0 Å². The second kappa shape index (κ2) is 7.86. The highest BCUT2D eigenvalue weighted by Crippen LogP contribution is 2.39. The Kier molecular flexibility index (Phi) is 6.40. The van der Waals surface area contributed by atoms with Gasteiger partial charge in [0.2, 0.25) is 6.29 Å². The molecule has 1 fully saturated rings. The van der Waals surface area contributed by atoms with Crippen LogP contribution in [-0.2, 0) is 9.16 Å². The zero-order chi connectivity index (χ0) is 19.7. The molecule has 7 heteroatoms. The van der Waals surface area contributed by atoms with Gasteiger partial charge in [-0.1, -0.05) is 20.8 Å². The fraction of sp³-hybridized carbons (Fsp3) is 0.684. The Morgan fingerprint density at radius 2 is 1.54 bits per heavy atom. The summed E-state index contributed by atoms with van der Waals surface area (Å²) >= 11 is 0. The van der Waals surface area contributed by atoms with Crippen molar-refractivity contribution in [2.75, 3.05) is 7.11 Å². The van der Waals surface area contributed by atoms with E-state index < -0.39 is 39.0 Å². The number of rotatable bonds is 5. The van der Waals surface area contributed by atoms with Gasteiger partial charge in [0, 0.05) is 0 Å². The molecule has 6 nitrogen and oxygen atoms in total. The highest BCUT2D eigenvalue weighted by atomic mass is 28.4. The Hall–Kier alpha value is -1.12. The van der Waals surface area contributed by atoms with Crippen molar-refractivity contribution in [1.29, 1.82) is 0 Å². The molecular weight excluding hydrogens is 352 g/mol. The maximum atomic E-state index is 10.6. The van der Waals surface area contributed by atoms with E-state index >= 15 is 0 Å². The van der Waals surface area contributed by atoms with E-state index in [1.54, 1.807) is 31.4 Å². The normalized spacial score (nSPS) is 30.1. The van der Waals surface area contributed by atoms with Gasteiger partial charge in [0.25, 0.3) is 0 Å². The molecular formula is C19H32O6Si. The fourth-order valence-corrected chi connectivity index (χ4v) is 3.94. The molecule has 1 aromatic carbocycles. The van der Waals surface area contributed by atoms with Crippen LogP contribution in [-0.4, -0.2) is 56.3 Å². The van der Waals surface area contributed by atoms with E-state index in [9.17, 15) is 10.2 Å². The molecule has 0 bridgehead atoms. The Bertz CT molecular complexity index is 583. The third-order valence-electron chi connectivity index (χ3n) is 5.33. The van der Waals surface area contributed by atoms with Gasteiger partial charge in [0.1, 0.15) is 23.7 Å². The zero-order valence-electron chi connectivity index (χ0n) is 16.7. The lowest BCUT2D eigenvalue weighted by Crippen LogP contribution is -2.62. The summed E-state index contributed by atoms with van der Waals surface area (Å²) in [5, 5.41) is 21.1. The summed E-state index contributed by atoms with van der Waals surface area (Å²) < 4.78 is 23.0. The zero-order valence-corrected chi connectivity index (χ0v) is 17.7. The lowest BCUT2D eigenvalue weighted by molar-refractivity contribution is -0.265. The predicted octanol–water partition coefficient (Wildman–Crippen LogP) is 2.93. The van der Waals surface area contributed by atoms with Crippen molar-refractivity contribution < 1.29 is 28.8 Å². The molecule has 2 rings (SSSR count). The topological polar surface area (TPSA) is 77.4 Å². The smallest absolute Gasteiger partial charge is 0.229 e. The first-order valence-electron chi connectivity index (χ1n) is 8.96. The summed E-state index contributed by atoms with van der Waals surface area (Å²) in [5.74, 6) is 1.23. The SMILES string of the molecule is COc1ccc(OC2OC(C)C(O[Si](C)(C)C(C)(C)C)C(O)C2O)cc1. The van der Waals surface area contributed by atoms with Crippen LogP contribution in [0.1, 0.15) is 27.7 Å². The third-order valence-corrected chi connectivity index (χ3v) is 9.80. The van der Waals surface area contributed by atoms with Gasteiger partial charge >= 0.3 is 0 Å². The first-order chi connectivity index (χ1) is 12.0. The minimum atomic E-state index is -2.12. The molecule has 1 heterocycles. The molecule has 1 saturated heterocycles. The van der Waals surface area contributed by atoms with Crippen molar-refractivity contribution in [2.45, 2.75) is 76.5 Å². The van der Waals surface area contributed by atoms with Crippen LogP contribution < -0.4 is 9.47 Å². The van der Waals surface area contributed by atoms with Gasteiger partial charge in [-0.15, -0.1) is 0 Å². The van der Waals surface area contributed by atoms with E-state index in [1.807, 2.05) is 6.92 Å². The van der Waals surface area contributed by atoms with E-state index in [0.29, 0.717) is 11.5 Å². The van der Waals surface area contributed by atoms with E-state index in [0.717, 1.165) is 0 Å². The minimum Gasteiger partial charge on any atom is -0.497 e. The van der Waals surface area contributed by atoms with E-state index in [1.165, 1.54) is 0 Å². The number of hydrogen-bond acceptors (Lipinski definition) is 6. The average Bonchev–Trinajstić information content (AvgIpc) is 2.56. The molecule has 148 valence electrons. The summed E-state index contributed by atoms with van der Waals surface area (Å²) in [5.41, 5.74) is 0. The van der Waals surface area contributed by atoms with Gasteiger partial charge in [-0.05, 0) is 49.3 Å². The van der Waals surface area contributed by atoms with E-state index in [2.05, 4.69) is 33.9 Å². The van der Waals surface area contributed by atoms with Gasteiger partial charge < -0.3 is 28.8 Å². The van der Waals surface area contributed by atoms with Crippen molar-refractivity contribution in [2.24, 2.45) is 0 Å². The lowest BCUT2D eigenvalue weighted by atomic mass is 10.00. The summed E-state index contributed by atoms with van der Waals surface area (Å²) in [6.07, 6.45) is -4.26. The second-order valence-corrected chi connectivity index (χ2v) is 13.1. The van der Waals surface area contributed by atoms with Crippen molar-refractivity contribution in [3.05, 3.63) is 24.3 Å². The predicted molar refractivity (Wildman–Crippen MR) is 102 cm³/mol. The molecule has 0 radical (unpaired) electrons. The molecule has 1 aliphatic rings. The number of aliphatic hydroxyl groups is 2. The number of methoxy groups -OCH3 is 1. The van der Waals surface area contributed by atoms with Crippen LogP contribution in [0.5, 0.6) is 11.5 Å². The number of benzene rings is 1. The second-order valence-electron chi connectivity index (χ2n) is 8.33. The van der Waals surface area contributed by atoms with E-state index in [-0.39, 0.29) is 5.04 Å². The van der Waals surface area contributed by atoms with Crippen molar-refractivity contribution in [3.8, 4) is 11.5 Å². The van der Waals surface area contributed by atoms with Crippen LogP contribution in [0.4, 0.5) is 0 Å². The summed E-state index contributed by atoms with van der Waals surface area (Å²) in [4.78, 5) is 0. The Morgan fingerprint density at radius 1 is 1.00 bits per heavy atom. The molecule has 0 amide bonds. The lowest BCUT2D eigenvalue weighted by Gasteiger charge is -2.46. The number of hydrogen-bond donors (Lipinski definition) is 2. The molecule has 1 aromatic rings. The summed E-state index contributed by atoms with van der Waals surface area (Å²) in [7, 11) is -0.530. The maximum Gasteiger partial charge on any atom is 0.229 e. The van der Waals surface area contributed by atoms with Crippen molar-refractivity contribution in [3.63, 3.8) is 0 Å². The van der Waals surface area contributed by atoms with Crippen LogP contribution in [0.15, 0.2) is 24.3 Å². The third kappa shape index (κ3) is 4.58. The molecule has 0 spiro atoms. The maximum absolute atomic E-state index is 10.6. The van der Waals surface area contributed by atoms with Gasteiger partial charge in [0.05, 0.1) is 19.3 Å². The molecule has 1 aliphatic heterocycles. The van der Waals surface area contributed by atoms with Gasteiger partial charge in [-0.25, -0.2) is 0 Å². The fourth-order valence-electron chi connectivity index (χ4n) is 2.57. The summed E-state index contributed by atoms with van der Waals surface area (Å²) in [6.45, 7) is 12.4. The molecule has 5 atom stereocenters. The monoisotopic (exact) mass is 384 g/mol. The molecule has 0 saturated carbocycles. The van der Waals surface area contributed by atoms with Gasteiger partial charge in [-0.3, -0.25) is 0 Å². The highest BCUT2D eigenvalue weighted by Gasteiger charge is 2.49. The first kappa shape index (κ1) is 21.2. The van der Waals surface area contributed by atoms with Crippen LogP contribution in [0.3, 0.4) is 0 Å². The molecule has 26 heavy (non-hydrogen) atoms. The van der Waals surface area contributed by atoms with Gasteiger partial charge in [0.15, 0.2) is 8.32 Å². The molecule has 0 aliphatic carbocycles. The Balaban J connectivity index is 2.08. The Morgan fingerprint density at radius 3 is 2.04 bits per heavy atom. The van der Waals surface area contributed by atoms with Crippen LogP contribution >= 0.6 is 0 Å². The standard InChI is InChI=1S/C19H32O6Si/c1-12-17(25-26(6,7)19(2,3)4)15(20)16(21)18(23-12)24-14-10-8-13(22-5)9-11-14/h8-12,15-18,20-21H,1-7H3. The highest BCUT2D eigenvalue weighted by molar-refractivity contribution is 6.74.